The van der Waals surface area contributed by atoms with Crippen molar-refractivity contribution in [1.82, 2.24) is 69.6 Å². The van der Waals surface area contributed by atoms with E-state index in [-0.39, 0.29) is 104 Å². The number of carbonyl (C=O) groups excluding carboxylic acids is 5. The number of ether oxygens (including phenoxy) is 2. The maximum absolute atomic E-state index is 14.9. The Balaban J connectivity index is 0.000000157. The van der Waals surface area contributed by atoms with Crippen LogP contribution in [0.2, 0.25) is 15.1 Å². The number of aliphatic hydroxyl groups is 1. The molecular weight excluding hydrogens is 1920 g/mol. The summed E-state index contributed by atoms with van der Waals surface area (Å²) in [5.41, 5.74) is -1.59. The summed E-state index contributed by atoms with van der Waals surface area (Å²) in [6.07, 6.45) is -16.6. The van der Waals surface area contributed by atoms with Crippen molar-refractivity contribution in [3.8, 4) is 17.1 Å². The molecule has 0 unspecified atom stereocenters. The number of nitrogens with zero attached hydrogens (tertiary/aromatic N) is 13. The second-order valence-corrected chi connectivity index (χ2v) is 42.6. The first-order valence-corrected chi connectivity index (χ1v) is 46.7. The van der Waals surface area contributed by atoms with Crippen LogP contribution in [0.25, 0.3) is 47.3 Å². The van der Waals surface area contributed by atoms with E-state index in [9.17, 15) is 81.8 Å². The zero-order valence-electron chi connectivity index (χ0n) is 75.0. The molecule has 724 valence electrons. The normalized spacial score (nSPS) is 19.5. The second kappa shape index (κ2) is 37.7. The molecule has 0 bridgehead atoms. The van der Waals surface area contributed by atoms with Gasteiger partial charge in [0.2, 0.25) is 0 Å². The number of alkyl halides is 12. The van der Waals surface area contributed by atoms with Gasteiger partial charge in [-0.15, -0.1) is 34.0 Å². The molecule has 3 amide bonds. The molecule has 0 radical (unpaired) electrons. The molecule has 0 spiro atoms. The highest BCUT2D eigenvalue weighted by Gasteiger charge is 2.66. The molecule has 6 aromatic heterocycles. The Morgan fingerprint density at radius 2 is 0.788 bits per heavy atom. The fraction of sp³-hybridized carbons (Fsp3) is 0.389. The Labute approximate surface area is 804 Å². The summed E-state index contributed by atoms with van der Waals surface area (Å²) in [7, 11) is 0. The summed E-state index contributed by atoms with van der Waals surface area (Å²) in [6, 6.07) is 39.1. The fourth-order valence-electron chi connectivity index (χ4n) is 17.8. The van der Waals surface area contributed by atoms with Crippen LogP contribution in [0.5, 0.6) is 0 Å². The Morgan fingerprint density at radius 3 is 1.11 bits per heavy atom. The number of esters is 2. The number of benzene rings is 6. The molecule has 2 saturated carbocycles. The van der Waals surface area contributed by atoms with Crippen molar-refractivity contribution in [2.45, 2.75) is 186 Å². The predicted octanol–water partition coefficient (Wildman–Crippen LogP) is 22.8. The van der Waals surface area contributed by atoms with Gasteiger partial charge in [-0.1, -0.05) is 183 Å². The largest absolute Gasteiger partial charge is 0.463 e. The fourth-order valence-corrected chi connectivity index (χ4v) is 22.0. The first-order chi connectivity index (χ1) is 64.3. The van der Waals surface area contributed by atoms with E-state index in [2.05, 4.69) is 74.8 Å². The van der Waals surface area contributed by atoms with Gasteiger partial charge in [0.05, 0.1) is 80.5 Å². The minimum absolute atomic E-state index is 0.00739. The third-order valence-electron chi connectivity index (χ3n) is 24.3. The van der Waals surface area contributed by atoms with E-state index >= 15 is 0 Å². The standard InChI is InChI=1S/C34H33ClF5N5O3S.C33H32ClF5N6O3S.C28H28ClF2N5O2S/c1-19-43-33(17-31(2,3)4,26-14-21-7-5-6-8-25(21)49-26)30(47)44(19)24(16-48-27(46)15-32(11-12-32)34(38,39)40)20-9-10-22(35)23(13-20)45-29(28(36)37)41-18-42-45;1-30(2,3)16-32(24-13-19-6-4-5-7-23(19)49-24)28(47)44(29(40)43-32)22(15-48-25(46)14-31(10-11-31)33(37,38)39)18-8-9-20(34)21(12-18)45-27(26(35)36)41-17-42-45;1-16-34-28(14-27(2,3)4,23-12-18-7-5-6-8-22(18)39-23)26(38)35(16)21(13-37)17-9-10-19(29)20(11-17)36-25(24(30)31)32-15-33-36/h5-10,13-14,18,24,28,43H,1,11-12,15-17H2,2-4H3;4-9,12-13,17,22,26H,10-11,14-16H2,1-3H3,(H2,40,43);5-12,15,21,24,34,37H,1,13-14H2,2-4H3/t24-,33-;22-,32-;21-,28-/m111/s1. The highest BCUT2D eigenvalue weighted by Crippen LogP contribution is 2.62. The molecule has 5 aliphatic rings. The zero-order valence-corrected chi connectivity index (χ0v) is 79.8. The molecule has 5 N–H and O–H groups in total. The first kappa shape index (κ1) is 100.0. The lowest BCUT2D eigenvalue weighted by Gasteiger charge is -2.34. The van der Waals surface area contributed by atoms with E-state index < -0.39 is 157 Å². The van der Waals surface area contributed by atoms with Crippen LogP contribution in [-0.4, -0.2) is 132 Å². The predicted molar refractivity (Wildman–Crippen MR) is 495 cm³/mol. The van der Waals surface area contributed by atoms with Crippen molar-refractivity contribution in [1.29, 1.82) is 0 Å². The Morgan fingerprint density at radius 1 is 0.467 bits per heavy atom. The van der Waals surface area contributed by atoms with Crippen molar-refractivity contribution < 1.29 is 91.2 Å². The number of amides is 3. The van der Waals surface area contributed by atoms with Crippen LogP contribution in [-0.2, 0) is 50.1 Å². The summed E-state index contributed by atoms with van der Waals surface area (Å²) < 4.78 is 181. The van der Waals surface area contributed by atoms with Crippen molar-refractivity contribution >= 4 is 135 Å². The van der Waals surface area contributed by atoms with Gasteiger partial charge in [0, 0.05) is 28.7 Å². The van der Waals surface area contributed by atoms with Crippen molar-refractivity contribution in [2.75, 3.05) is 19.8 Å². The number of fused-ring (bicyclic) bond motifs is 3. The number of hydrogen-bond donors (Lipinski definition) is 4. The number of aromatic nitrogens is 9. The molecule has 2 saturated heterocycles. The summed E-state index contributed by atoms with van der Waals surface area (Å²) in [6.45, 7) is 24.7. The first-order valence-electron chi connectivity index (χ1n) is 43.1. The lowest BCUT2D eigenvalue weighted by molar-refractivity contribution is -0.195. The van der Waals surface area contributed by atoms with Crippen LogP contribution in [0, 0.1) is 27.1 Å². The molecule has 17 rings (SSSR count). The number of halogens is 15. The van der Waals surface area contributed by atoms with Crippen LogP contribution in [0.1, 0.15) is 206 Å². The van der Waals surface area contributed by atoms with Crippen molar-refractivity contribution in [2.24, 2.45) is 37.8 Å². The third kappa shape index (κ3) is 20.0. The molecule has 2 aliphatic carbocycles. The molecule has 3 aliphatic heterocycles. The highest BCUT2D eigenvalue weighted by atomic mass is 35.5. The molecule has 42 heteroatoms. The number of hydrogen-bond acceptors (Lipinski definition) is 21. The Hall–Kier alpha value is -11.5. The van der Waals surface area contributed by atoms with Crippen LogP contribution in [0.15, 0.2) is 194 Å². The summed E-state index contributed by atoms with van der Waals surface area (Å²) in [4.78, 5) is 91.8. The number of carbonyl (C=O) groups is 5. The van der Waals surface area contributed by atoms with Crippen LogP contribution >= 0.6 is 68.8 Å². The minimum Gasteiger partial charge on any atom is -0.463 e. The van der Waals surface area contributed by atoms with E-state index in [1.54, 1.807) is 17.4 Å². The molecule has 9 heterocycles. The summed E-state index contributed by atoms with van der Waals surface area (Å²) >= 11 is 23.6. The Kier molecular flexibility index (Phi) is 27.5. The van der Waals surface area contributed by atoms with Gasteiger partial charge in [0.25, 0.3) is 37.0 Å². The van der Waals surface area contributed by atoms with Gasteiger partial charge in [-0.3, -0.25) is 38.7 Å². The summed E-state index contributed by atoms with van der Waals surface area (Å²) in [5, 5.41) is 32.1. The average Bonchev–Trinajstić information content (AvgIpc) is 1.58. The van der Waals surface area contributed by atoms with Gasteiger partial charge < -0.3 is 30.9 Å². The highest BCUT2D eigenvalue weighted by molar-refractivity contribution is 7.20. The maximum Gasteiger partial charge on any atom is 0.395 e. The number of guanidine groups is 1. The molecule has 12 aromatic rings. The van der Waals surface area contributed by atoms with E-state index in [1.807, 2.05) is 133 Å². The van der Waals surface area contributed by atoms with E-state index in [0.29, 0.717) is 29.1 Å². The minimum atomic E-state index is -4.59. The number of thiophene rings is 3. The number of rotatable bonds is 27. The lowest BCUT2D eigenvalue weighted by atomic mass is 9.78. The van der Waals surface area contributed by atoms with Crippen LogP contribution in [0.3, 0.4) is 0 Å². The van der Waals surface area contributed by atoms with Crippen molar-refractivity contribution in [3.63, 3.8) is 0 Å². The topological polar surface area (TPSA) is 288 Å². The summed E-state index contributed by atoms with van der Waals surface area (Å²) in [5.74, 6) is -5.08. The molecular formula is C95H93Cl3F12N16O8S3. The zero-order chi connectivity index (χ0) is 99.1. The smallest absolute Gasteiger partial charge is 0.395 e. The van der Waals surface area contributed by atoms with Crippen LogP contribution < -0.4 is 16.4 Å². The SMILES string of the molecule is C=C1N[C@](CC(C)(C)C)(c2cc3ccccc3s2)C(=O)N1[C@H](CO)c1ccc(Cl)c(-n2ncnc2C(F)F)c1.C=C1N[C@](CC(C)(C)C)(c2cc3ccccc3s2)C(=O)N1[C@H](COC(=O)CC1(C(F)(F)F)CC1)c1ccc(Cl)c(-n2ncnc2C(F)F)c1.CC(C)(C)C[C@]1(c2cc3ccccc3s2)N=C(N)N([C@H](COC(=O)CC2(C(F)(F)F)CC2)c2ccc(Cl)c(-n3ncnc3C(F)F)c2)C1=O. The van der Waals surface area contributed by atoms with Gasteiger partial charge in [0.15, 0.2) is 40.0 Å². The number of aliphatic imine (C=N–C) groups is 1. The molecule has 4 fully saturated rings. The molecule has 24 nitrogen and oxygen atoms in total. The quantitative estimate of drug-likeness (QED) is 0.0275. The molecule has 6 aromatic carbocycles. The van der Waals surface area contributed by atoms with Gasteiger partial charge in [-0.2, -0.15) is 41.6 Å². The number of nitrogens with two attached hydrogens (primary N) is 1. The van der Waals surface area contributed by atoms with Crippen molar-refractivity contribution in [3.05, 3.63) is 253 Å². The van der Waals surface area contributed by atoms with E-state index in [1.165, 1.54) is 81.0 Å². The Bertz CT molecular complexity index is 6440. The average molecular weight is 2020 g/mol. The van der Waals surface area contributed by atoms with E-state index in [4.69, 9.17) is 55.0 Å². The monoisotopic (exact) mass is 2010 g/mol. The van der Waals surface area contributed by atoms with Gasteiger partial charge in [-0.25, -0.2) is 60.3 Å². The van der Waals surface area contributed by atoms with Crippen LogP contribution in [0.4, 0.5) is 52.7 Å². The maximum atomic E-state index is 14.9. The lowest BCUT2D eigenvalue weighted by Crippen LogP contribution is -2.47. The second-order valence-electron chi connectivity index (χ2n) is 38.1. The molecule has 137 heavy (non-hydrogen) atoms. The number of aliphatic hydroxyl groups excluding tert-OH is 1. The van der Waals surface area contributed by atoms with Gasteiger partial charge in [-0.05, 0) is 167 Å². The number of nitrogens with one attached hydrogen (secondary N) is 2. The third-order valence-corrected chi connectivity index (χ3v) is 29.1. The van der Waals surface area contributed by atoms with Gasteiger partial charge in [0.1, 0.15) is 43.8 Å². The van der Waals surface area contributed by atoms with Gasteiger partial charge >= 0.3 is 24.3 Å². The molecule has 6 atom stereocenters. The van der Waals surface area contributed by atoms with E-state index in [0.717, 1.165) is 77.9 Å².